The summed E-state index contributed by atoms with van der Waals surface area (Å²) in [6.45, 7) is 1.86. The second kappa shape index (κ2) is 12.4. The van der Waals surface area contributed by atoms with E-state index in [1.807, 2.05) is 0 Å². The maximum atomic E-state index is 11.2. The van der Waals surface area contributed by atoms with Crippen LogP contribution in [0.3, 0.4) is 0 Å². The number of nitrogens with two attached hydrogens (primary N) is 1. The number of hydrogen-bond acceptors (Lipinski definition) is 4. The molecule has 1 unspecified atom stereocenters. The van der Waals surface area contributed by atoms with Crippen molar-refractivity contribution in [2.24, 2.45) is 5.73 Å². The second-order valence-electron chi connectivity index (χ2n) is 5.85. The lowest BCUT2D eigenvalue weighted by Crippen LogP contribution is -2.55. The van der Waals surface area contributed by atoms with Gasteiger partial charge in [-0.1, -0.05) is 64.7 Å². The molecule has 0 fully saturated rings. The Morgan fingerprint density at radius 3 is 1.82 bits per heavy atom. The molecule has 6 nitrogen and oxygen atoms in total. The van der Waals surface area contributed by atoms with E-state index >= 15 is 0 Å². The number of amides is 1. The van der Waals surface area contributed by atoms with Crippen molar-refractivity contribution >= 4 is 11.9 Å². The predicted octanol–water partition coefficient (Wildman–Crippen LogP) is 2.15. The van der Waals surface area contributed by atoms with Crippen molar-refractivity contribution in [2.75, 3.05) is 6.54 Å². The minimum absolute atomic E-state index is 0.00454. The number of rotatable bonds is 14. The van der Waals surface area contributed by atoms with E-state index in [-0.39, 0.29) is 13.0 Å². The lowest BCUT2D eigenvalue weighted by Gasteiger charge is -2.24. The summed E-state index contributed by atoms with van der Waals surface area (Å²) in [5.41, 5.74) is 2.92. The van der Waals surface area contributed by atoms with Crippen LogP contribution in [0.1, 0.15) is 77.6 Å². The van der Waals surface area contributed by atoms with E-state index in [9.17, 15) is 14.7 Å². The van der Waals surface area contributed by atoms with Gasteiger partial charge >= 0.3 is 5.97 Å². The first-order valence-electron chi connectivity index (χ1n) is 8.43. The van der Waals surface area contributed by atoms with Crippen molar-refractivity contribution in [1.82, 2.24) is 5.32 Å². The van der Waals surface area contributed by atoms with E-state index in [1.54, 1.807) is 0 Å². The lowest BCUT2D eigenvalue weighted by atomic mass is 10.0. The highest BCUT2D eigenvalue weighted by Gasteiger charge is 2.36. The fraction of sp³-hybridized carbons (Fsp3) is 0.875. The van der Waals surface area contributed by atoms with Crippen LogP contribution in [0.4, 0.5) is 0 Å². The second-order valence-corrected chi connectivity index (χ2v) is 5.85. The molecule has 0 aliphatic heterocycles. The molecule has 0 radical (unpaired) electrons. The third-order valence-electron chi connectivity index (χ3n) is 3.78. The molecule has 0 saturated carbocycles. The molecule has 1 atom stereocenters. The van der Waals surface area contributed by atoms with Crippen molar-refractivity contribution in [3.05, 3.63) is 0 Å². The minimum atomic E-state index is -2.20. The predicted molar refractivity (Wildman–Crippen MR) is 86.2 cm³/mol. The lowest BCUT2D eigenvalue weighted by molar-refractivity contribution is -0.166. The normalized spacial score (nSPS) is 13.6. The number of carboxylic acids is 1. The highest BCUT2D eigenvalue weighted by atomic mass is 16.4. The first kappa shape index (κ1) is 20.9. The Morgan fingerprint density at radius 1 is 0.955 bits per heavy atom. The molecule has 0 aliphatic rings. The van der Waals surface area contributed by atoms with Crippen LogP contribution in [0.2, 0.25) is 0 Å². The summed E-state index contributed by atoms with van der Waals surface area (Å²) in [7, 11) is 0. The summed E-state index contributed by atoms with van der Waals surface area (Å²) in [5.74, 6) is -2.11. The Bertz CT molecular complexity index is 323. The largest absolute Gasteiger partial charge is 0.478 e. The average molecular weight is 316 g/mol. The van der Waals surface area contributed by atoms with Crippen LogP contribution < -0.4 is 11.1 Å². The number of aliphatic carboxylic acids is 1. The number of carboxylic acid groups (broad SMARTS) is 1. The van der Waals surface area contributed by atoms with Gasteiger partial charge in [-0.2, -0.15) is 0 Å². The van der Waals surface area contributed by atoms with E-state index < -0.39 is 17.6 Å². The SMILES string of the molecule is CCCCCCCCCCCCC(O)(NC(=O)CN)C(=O)O. The van der Waals surface area contributed by atoms with Crippen LogP contribution in [0.15, 0.2) is 0 Å². The fourth-order valence-electron chi connectivity index (χ4n) is 2.37. The Labute approximate surface area is 133 Å². The smallest absolute Gasteiger partial charge is 0.357 e. The summed E-state index contributed by atoms with van der Waals surface area (Å²) < 4.78 is 0. The van der Waals surface area contributed by atoms with Crippen molar-refractivity contribution in [3.8, 4) is 0 Å². The molecule has 0 spiro atoms. The number of unbranched alkanes of at least 4 members (excludes halogenated alkanes) is 9. The van der Waals surface area contributed by atoms with Gasteiger partial charge in [0.25, 0.3) is 0 Å². The van der Waals surface area contributed by atoms with E-state index in [0.717, 1.165) is 19.3 Å². The summed E-state index contributed by atoms with van der Waals surface area (Å²) in [4.78, 5) is 22.2. The highest BCUT2D eigenvalue weighted by Crippen LogP contribution is 2.15. The van der Waals surface area contributed by atoms with Crippen LogP contribution in [0.25, 0.3) is 0 Å². The van der Waals surface area contributed by atoms with Gasteiger partial charge in [0.15, 0.2) is 0 Å². The van der Waals surface area contributed by atoms with Gasteiger partial charge in [0.05, 0.1) is 6.54 Å². The van der Waals surface area contributed by atoms with E-state index in [0.29, 0.717) is 6.42 Å². The van der Waals surface area contributed by atoms with Gasteiger partial charge < -0.3 is 21.3 Å². The van der Waals surface area contributed by atoms with Gasteiger partial charge in [-0.25, -0.2) is 4.79 Å². The maximum absolute atomic E-state index is 11.2. The maximum Gasteiger partial charge on any atom is 0.357 e. The van der Waals surface area contributed by atoms with E-state index in [4.69, 9.17) is 10.8 Å². The van der Waals surface area contributed by atoms with Gasteiger partial charge in [0, 0.05) is 6.42 Å². The molecule has 22 heavy (non-hydrogen) atoms. The number of nitrogens with one attached hydrogen (secondary N) is 1. The van der Waals surface area contributed by atoms with Gasteiger partial charge in [-0.05, 0) is 6.42 Å². The van der Waals surface area contributed by atoms with Crippen LogP contribution in [-0.2, 0) is 9.59 Å². The fourth-order valence-corrected chi connectivity index (χ4v) is 2.37. The van der Waals surface area contributed by atoms with Crippen LogP contribution in [0.5, 0.6) is 0 Å². The monoisotopic (exact) mass is 316 g/mol. The first-order chi connectivity index (χ1) is 10.5. The van der Waals surface area contributed by atoms with Crippen LogP contribution in [-0.4, -0.2) is 34.4 Å². The molecule has 130 valence electrons. The molecule has 0 rings (SSSR count). The molecule has 5 N–H and O–H groups in total. The average Bonchev–Trinajstić information content (AvgIpc) is 2.48. The van der Waals surface area contributed by atoms with E-state index in [2.05, 4.69) is 12.2 Å². The zero-order valence-electron chi connectivity index (χ0n) is 13.8. The summed E-state index contributed by atoms with van der Waals surface area (Å²) in [6, 6.07) is 0. The molecule has 1 amide bonds. The van der Waals surface area contributed by atoms with Gasteiger partial charge in [0.1, 0.15) is 0 Å². The highest BCUT2D eigenvalue weighted by molar-refractivity contribution is 5.86. The Kier molecular flexibility index (Phi) is 11.8. The minimum Gasteiger partial charge on any atom is -0.478 e. The van der Waals surface area contributed by atoms with Gasteiger partial charge in [0.2, 0.25) is 11.6 Å². The van der Waals surface area contributed by atoms with Gasteiger partial charge in [-0.3, -0.25) is 4.79 Å². The number of carbonyl (C=O) groups excluding carboxylic acids is 1. The molecule has 0 aromatic heterocycles. The first-order valence-corrected chi connectivity index (χ1v) is 8.43. The third kappa shape index (κ3) is 9.73. The van der Waals surface area contributed by atoms with E-state index in [1.165, 1.54) is 38.5 Å². The Balaban J connectivity index is 3.73. The van der Waals surface area contributed by atoms with Crippen molar-refractivity contribution in [3.63, 3.8) is 0 Å². The molecule has 0 aromatic carbocycles. The summed E-state index contributed by atoms with van der Waals surface area (Å²) >= 11 is 0. The zero-order chi connectivity index (χ0) is 16.8. The molecule has 0 aliphatic carbocycles. The summed E-state index contributed by atoms with van der Waals surface area (Å²) in [6.07, 6.45) is 11.2. The van der Waals surface area contributed by atoms with Crippen LogP contribution in [0, 0.1) is 0 Å². The third-order valence-corrected chi connectivity index (χ3v) is 3.78. The molecule has 6 heteroatoms. The van der Waals surface area contributed by atoms with Gasteiger partial charge in [-0.15, -0.1) is 0 Å². The van der Waals surface area contributed by atoms with Crippen LogP contribution >= 0.6 is 0 Å². The summed E-state index contributed by atoms with van der Waals surface area (Å²) in [5, 5.41) is 21.0. The standard InChI is InChI=1S/C16H32N2O4/c1-2-3-4-5-6-7-8-9-10-11-12-16(22,15(20)21)18-14(19)13-17/h22H,2-13,17H2,1H3,(H,18,19)(H,20,21). The van der Waals surface area contributed by atoms with Crippen molar-refractivity contribution < 1.29 is 19.8 Å². The number of carbonyl (C=O) groups is 2. The molecule has 0 heterocycles. The molecule has 0 saturated heterocycles. The van der Waals surface area contributed by atoms with Crippen molar-refractivity contribution in [1.29, 1.82) is 0 Å². The number of hydrogen-bond donors (Lipinski definition) is 4. The number of aliphatic hydroxyl groups is 1. The quantitative estimate of drug-likeness (QED) is 0.290. The zero-order valence-corrected chi connectivity index (χ0v) is 13.8. The Hall–Kier alpha value is -1.14. The molecular formula is C16H32N2O4. The van der Waals surface area contributed by atoms with Crippen molar-refractivity contribution in [2.45, 2.75) is 83.3 Å². The topological polar surface area (TPSA) is 113 Å². The molecule has 0 aromatic rings. The molecular weight excluding hydrogens is 284 g/mol. The Morgan fingerprint density at radius 2 is 1.41 bits per heavy atom. The molecule has 0 bridgehead atoms.